The molecule has 4 rings (SSSR count). The molecule has 1 aliphatic heterocycles. The van der Waals surface area contributed by atoms with Crippen LogP contribution in [0.2, 0.25) is 10.0 Å². The second-order valence-electron chi connectivity index (χ2n) is 7.74. The Bertz CT molecular complexity index is 921. The zero-order valence-corrected chi connectivity index (χ0v) is 18.9. The van der Waals surface area contributed by atoms with Crippen LogP contribution in [-0.2, 0) is 0 Å². The molecule has 0 bridgehead atoms. The van der Waals surface area contributed by atoms with E-state index >= 15 is 0 Å². The molecule has 1 aliphatic carbocycles. The summed E-state index contributed by atoms with van der Waals surface area (Å²) in [5, 5.41) is 5.50. The van der Waals surface area contributed by atoms with E-state index in [2.05, 4.69) is 15.2 Å². The molecule has 2 amide bonds. The molecule has 1 aromatic carbocycles. The van der Waals surface area contributed by atoms with Gasteiger partial charge < -0.3 is 4.90 Å². The molecule has 1 N–H and O–H groups in total. The number of halogens is 2. The maximum absolute atomic E-state index is 12.8. The molecule has 2 aliphatic rings. The van der Waals surface area contributed by atoms with Crippen molar-refractivity contribution in [3.8, 4) is 0 Å². The van der Waals surface area contributed by atoms with E-state index in [1.807, 2.05) is 4.90 Å². The molecule has 0 unspecified atom stereocenters. The monoisotopic (exact) mass is 466 g/mol. The highest BCUT2D eigenvalue weighted by atomic mass is 35.5. The fourth-order valence-corrected chi connectivity index (χ4v) is 5.34. The molecule has 1 saturated carbocycles. The summed E-state index contributed by atoms with van der Waals surface area (Å²) in [7, 11) is 0. The summed E-state index contributed by atoms with van der Waals surface area (Å²) in [5.74, 6) is -0.467. The highest BCUT2D eigenvalue weighted by Crippen LogP contribution is 2.25. The third kappa shape index (κ3) is 4.97. The van der Waals surface area contributed by atoms with Crippen LogP contribution in [0.3, 0.4) is 0 Å². The number of thiazole rings is 1. The van der Waals surface area contributed by atoms with E-state index in [4.69, 9.17) is 23.2 Å². The Labute approximate surface area is 190 Å². The average Bonchev–Trinajstić information content (AvgIpc) is 3.22. The van der Waals surface area contributed by atoms with Gasteiger partial charge in [0.05, 0.1) is 10.6 Å². The van der Waals surface area contributed by atoms with Gasteiger partial charge in [-0.25, -0.2) is 4.98 Å². The van der Waals surface area contributed by atoms with E-state index in [0.29, 0.717) is 27.5 Å². The predicted octanol–water partition coefficient (Wildman–Crippen LogP) is 4.79. The number of piperazine rings is 1. The molecule has 160 valence electrons. The first-order valence-electron chi connectivity index (χ1n) is 10.3. The minimum absolute atomic E-state index is 0.0837. The number of benzene rings is 1. The lowest BCUT2D eigenvalue weighted by atomic mass is 9.94. The number of nitrogens with one attached hydrogen (secondary N) is 1. The predicted molar refractivity (Wildman–Crippen MR) is 121 cm³/mol. The van der Waals surface area contributed by atoms with Crippen LogP contribution < -0.4 is 5.32 Å². The average molecular weight is 467 g/mol. The molecular weight excluding hydrogens is 443 g/mol. The standard InChI is InChI=1S/C21H24Cl2N4O2S/c22-14-6-7-16(17(23)12-14)19(28)25-21-24-18(13-30-21)20(29)27-10-8-26(9-11-27)15-4-2-1-3-5-15/h6-7,12-13,15H,1-5,8-11H2,(H,24,25,28). The van der Waals surface area contributed by atoms with Crippen molar-refractivity contribution in [2.45, 2.75) is 38.1 Å². The van der Waals surface area contributed by atoms with Crippen molar-refractivity contribution < 1.29 is 9.59 Å². The number of hydrogen-bond donors (Lipinski definition) is 1. The molecule has 6 nitrogen and oxygen atoms in total. The van der Waals surface area contributed by atoms with Gasteiger partial charge in [-0.1, -0.05) is 42.5 Å². The molecule has 2 heterocycles. The Balaban J connectivity index is 1.33. The number of carbonyl (C=O) groups excluding carboxylic acids is 2. The first-order valence-corrected chi connectivity index (χ1v) is 11.9. The molecule has 1 saturated heterocycles. The molecule has 30 heavy (non-hydrogen) atoms. The second-order valence-corrected chi connectivity index (χ2v) is 9.44. The number of hydrogen-bond acceptors (Lipinski definition) is 5. The smallest absolute Gasteiger partial charge is 0.273 e. The summed E-state index contributed by atoms with van der Waals surface area (Å²) in [6.07, 6.45) is 6.54. The SMILES string of the molecule is O=C(Nc1nc(C(=O)N2CCN(C3CCCCC3)CC2)cs1)c1ccc(Cl)cc1Cl. The van der Waals surface area contributed by atoms with E-state index < -0.39 is 0 Å². The zero-order chi connectivity index (χ0) is 21.1. The molecule has 2 fully saturated rings. The van der Waals surface area contributed by atoms with Gasteiger partial charge in [-0.3, -0.25) is 19.8 Å². The van der Waals surface area contributed by atoms with Crippen LogP contribution in [0, 0.1) is 0 Å². The summed E-state index contributed by atoms with van der Waals surface area (Å²) in [6, 6.07) is 5.36. The summed E-state index contributed by atoms with van der Waals surface area (Å²) in [6.45, 7) is 3.27. The van der Waals surface area contributed by atoms with Crippen molar-refractivity contribution in [1.29, 1.82) is 0 Å². The normalized spacial score (nSPS) is 18.4. The first kappa shape index (κ1) is 21.6. The second kappa shape index (κ2) is 9.64. The number of aromatic nitrogens is 1. The first-order chi connectivity index (χ1) is 14.5. The van der Waals surface area contributed by atoms with Crippen LogP contribution in [0.4, 0.5) is 5.13 Å². The van der Waals surface area contributed by atoms with E-state index in [-0.39, 0.29) is 16.8 Å². The minimum atomic E-state index is -0.383. The largest absolute Gasteiger partial charge is 0.335 e. The van der Waals surface area contributed by atoms with Gasteiger partial charge in [0.2, 0.25) is 0 Å². The minimum Gasteiger partial charge on any atom is -0.335 e. The number of amides is 2. The van der Waals surface area contributed by atoms with Crippen LogP contribution >= 0.6 is 34.5 Å². The van der Waals surface area contributed by atoms with Crippen molar-refractivity contribution in [2.75, 3.05) is 31.5 Å². The van der Waals surface area contributed by atoms with Crippen molar-refractivity contribution in [2.24, 2.45) is 0 Å². The number of carbonyl (C=O) groups is 2. The van der Waals surface area contributed by atoms with Crippen molar-refractivity contribution in [3.63, 3.8) is 0 Å². The van der Waals surface area contributed by atoms with Crippen molar-refractivity contribution >= 4 is 51.5 Å². The number of nitrogens with zero attached hydrogens (tertiary/aromatic N) is 3. The molecule has 2 aromatic rings. The van der Waals surface area contributed by atoms with E-state index in [1.165, 1.54) is 49.5 Å². The van der Waals surface area contributed by atoms with Gasteiger partial charge in [0.25, 0.3) is 11.8 Å². The molecular formula is C21H24Cl2N4O2S. The van der Waals surface area contributed by atoms with Crippen LogP contribution in [0.25, 0.3) is 0 Å². The van der Waals surface area contributed by atoms with Gasteiger partial charge in [-0.2, -0.15) is 0 Å². The van der Waals surface area contributed by atoms with Gasteiger partial charge in [0.1, 0.15) is 5.69 Å². The van der Waals surface area contributed by atoms with Gasteiger partial charge in [-0.15, -0.1) is 11.3 Å². The Kier molecular flexibility index (Phi) is 6.93. The molecule has 0 radical (unpaired) electrons. The Morgan fingerprint density at radius 2 is 1.80 bits per heavy atom. The fourth-order valence-electron chi connectivity index (χ4n) is 4.17. The van der Waals surface area contributed by atoms with Gasteiger partial charge in [0, 0.05) is 42.6 Å². The van der Waals surface area contributed by atoms with Crippen molar-refractivity contribution in [3.05, 3.63) is 44.9 Å². The summed E-state index contributed by atoms with van der Waals surface area (Å²) < 4.78 is 0. The van der Waals surface area contributed by atoms with E-state index in [9.17, 15) is 9.59 Å². The molecule has 0 atom stereocenters. The van der Waals surface area contributed by atoms with Gasteiger partial charge in [-0.05, 0) is 31.0 Å². The van der Waals surface area contributed by atoms with Crippen LogP contribution in [0.15, 0.2) is 23.6 Å². The lowest BCUT2D eigenvalue weighted by Gasteiger charge is -2.40. The summed E-state index contributed by atoms with van der Waals surface area (Å²) in [5.41, 5.74) is 0.673. The Hall–Kier alpha value is -1.67. The van der Waals surface area contributed by atoms with Gasteiger partial charge >= 0.3 is 0 Å². The van der Waals surface area contributed by atoms with E-state index in [0.717, 1.165) is 26.2 Å². The Morgan fingerprint density at radius 3 is 2.50 bits per heavy atom. The third-order valence-electron chi connectivity index (χ3n) is 5.81. The van der Waals surface area contributed by atoms with Gasteiger partial charge in [0.15, 0.2) is 5.13 Å². The fraction of sp³-hybridized carbons (Fsp3) is 0.476. The van der Waals surface area contributed by atoms with Crippen molar-refractivity contribution in [1.82, 2.24) is 14.8 Å². The Morgan fingerprint density at radius 1 is 1.07 bits per heavy atom. The van der Waals surface area contributed by atoms with Crippen LogP contribution in [0.5, 0.6) is 0 Å². The third-order valence-corrected chi connectivity index (χ3v) is 7.12. The molecule has 9 heteroatoms. The molecule has 1 aromatic heterocycles. The maximum atomic E-state index is 12.8. The summed E-state index contributed by atoms with van der Waals surface area (Å²) in [4.78, 5) is 34.0. The van der Waals surface area contributed by atoms with E-state index in [1.54, 1.807) is 17.5 Å². The lowest BCUT2D eigenvalue weighted by molar-refractivity contribution is 0.0519. The topological polar surface area (TPSA) is 65.5 Å². The highest BCUT2D eigenvalue weighted by Gasteiger charge is 2.28. The van der Waals surface area contributed by atoms with Crippen LogP contribution in [-0.4, -0.2) is 58.8 Å². The van der Waals surface area contributed by atoms with Crippen LogP contribution in [0.1, 0.15) is 53.0 Å². The quantitative estimate of drug-likeness (QED) is 0.702. The maximum Gasteiger partial charge on any atom is 0.273 e. The zero-order valence-electron chi connectivity index (χ0n) is 16.6. The molecule has 0 spiro atoms. The number of anilines is 1. The highest BCUT2D eigenvalue weighted by molar-refractivity contribution is 7.14. The summed E-state index contributed by atoms with van der Waals surface area (Å²) >= 11 is 13.2. The lowest BCUT2D eigenvalue weighted by Crippen LogP contribution is -2.52. The number of rotatable bonds is 4.